The van der Waals surface area contributed by atoms with Crippen molar-refractivity contribution >= 4 is 0 Å². The summed E-state index contributed by atoms with van der Waals surface area (Å²) < 4.78 is 6.31. The van der Waals surface area contributed by atoms with Crippen molar-refractivity contribution in [3.8, 4) is 23.0 Å². The van der Waals surface area contributed by atoms with Crippen molar-refractivity contribution in [3.05, 3.63) is 46.5 Å². The van der Waals surface area contributed by atoms with Crippen LogP contribution < -0.4 is 4.74 Å². The monoisotopic (exact) mass is 314 g/mol. The van der Waals surface area contributed by atoms with Gasteiger partial charge in [0.15, 0.2) is 0 Å². The van der Waals surface area contributed by atoms with E-state index in [0.717, 1.165) is 33.8 Å². The van der Waals surface area contributed by atoms with Gasteiger partial charge < -0.3 is 14.9 Å². The van der Waals surface area contributed by atoms with Gasteiger partial charge in [-0.15, -0.1) is 0 Å². The molecule has 2 aromatic rings. The van der Waals surface area contributed by atoms with Crippen molar-refractivity contribution in [2.45, 2.75) is 53.4 Å². The third-order valence-electron chi connectivity index (χ3n) is 4.02. The predicted molar refractivity (Wildman–Crippen MR) is 93.9 cm³/mol. The van der Waals surface area contributed by atoms with E-state index in [1.54, 1.807) is 24.3 Å². The first-order chi connectivity index (χ1) is 10.7. The average molecular weight is 314 g/mol. The van der Waals surface area contributed by atoms with Crippen molar-refractivity contribution in [1.29, 1.82) is 0 Å². The van der Waals surface area contributed by atoms with Crippen molar-refractivity contribution < 1.29 is 14.9 Å². The zero-order valence-electron chi connectivity index (χ0n) is 14.8. The molecule has 2 N–H and O–H groups in total. The summed E-state index contributed by atoms with van der Waals surface area (Å²) in [6, 6.07) is 6.95. The highest BCUT2D eigenvalue weighted by molar-refractivity contribution is 5.54. The molecule has 0 atom stereocenters. The second-order valence-electron chi connectivity index (χ2n) is 6.77. The highest BCUT2D eigenvalue weighted by atomic mass is 16.5. The third-order valence-corrected chi connectivity index (χ3v) is 4.02. The van der Waals surface area contributed by atoms with Crippen LogP contribution in [0.5, 0.6) is 23.0 Å². The van der Waals surface area contributed by atoms with Crippen molar-refractivity contribution in [3.63, 3.8) is 0 Å². The highest BCUT2D eigenvalue weighted by Crippen LogP contribution is 2.41. The SMILES string of the molecule is Cc1cc(O)cc(C(C)C)c1Oc1c(C)cc(O)cc1C(C)C. The standard InChI is InChI=1S/C20H26O3/c1-11(2)17-9-15(21)7-13(5)19(17)23-20-14(6)8-16(22)10-18(20)12(3)4/h7-12,21-22H,1-6H3. The summed E-state index contributed by atoms with van der Waals surface area (Å²) in [6.45, 7) is 12.2. The summed E-state index contributed by atoms with van der Waals surface area (Å²) >= 11 is 0. The Morgan fingerprint density at radius 2 is 1.04 bits per heavy atom. The topological polar surface area (TPSA) is 49.7 Å². The molecule has 3 nitrogen and oxygen atoms in total. The van der Waals surface area contributed by atoms with Crippen molar-refractivity contribution in [2.24, 2.45) is 0 Å². The van der Waals surface area contributed by atoms with Crippen LogP contribution in [0, 0.1) is 13.8 Å². The molecule has 0 amide bonds. The van der Waals surface area contributed by atoms with Crippen LogP contribution in [0.4, 0.5) is 0 Å². The molecule has 2 rings (SSSR count). The minimum absolute atomic E-state index is 0.232. The lowest BCUT2D eigenvalue weighted by molar-refractivity contribution is 0.440. The molecule has 0 aliphatic heterocycles. The van der Waals surface area contributed by atoms with Crippen LogP contribution in [-0.2, 0) is 0 Å². The van der Waals surface area contributed by atoms with Gasteiger partial charge in [-0.2, -0.15) is 0 Å². The second kappa shape index (κ2) is 6.53. The summed E-state index contributed by atoms with van der Waals surface area (Å²) in [5.41, 5.74) is 3.75. The predicted octanol–water partition coefficient (Wildman–Crippen LogP) is 5.75. The average Bonchev–Trinajstić information content (AvgIpc) is 2.42. The summed E-state index contributed by atoms with van der Waals surface area (Å²) in [4.78, 5) is 0. The summed E-state index contributed by atoms with van der Waals surface area (Å²) in [6.07, 6.45) is 0. The zero-order valence-corrected chi connectivity index (χ0v) is 14.8. The Labute approximate surface area is 138 Å². The number of aryl methyl sites for hydroxylation is 2. The van der Waals surface area contributed by atoms with Gasteiger partial charge in [-0.1, -0.05) is 27.7 Å². The Hall–Kier alpha value is -2.16. The van der Waals surface area contributed by atoms with Gasteiger partial charge >= 0.3 is 0 Å². The lowest BCUT2D eigenvalue weighted by Crippen LogP contribution is -2.01. The summed E-state index contributed by atoms with van der Waals surface area (Å²) in [5, 5.41) is 19.8. The minimum atomic E-state index is 0.232. The molecule has 0 spiro atoms. The van der Waals surface area contributed by atoms with Crippen LogP contribution in [-0.4, -0.2) is 10.2 Å². The third kappa shape index (κ3) is 3.61. The van der Waals surface area contributed by atoms with Gasteiger partial charge in [0.1, 0.15) is 23.0 Å². The molecule has 23 heavy (non-hydrogen) atoms. The molecule has 3 heteroatoms. The van der Waals surface area contributed by atoms with Crippen LogP contribution in [0.2, 0.25) is 0 Å². The molecule has 0 unspecified atom stereocenters. The molecule has 0 aliphatic carbocycles. The van der Waals surface area contributed by atoms with E-state index in [4.69, 9.17) is 4.74 Å². The maximum absolute atomic E-state index is 9.88. The zero-order chi connectivity index (χ0) is 17.3. The van der Waals surface area contributed by atoms with Gasteiger partial charge in [0, 0.05) is 11.1 Å². The van der Waals surface area contributed by atoms with Crippen LogP contribution >= 0.6 is 0 Å². The molecule has 0 saturated heterocycles. The van der Waals surface area contributed by atoms with Crippen molar-refractivity contribution in [2.75, 3.05) is 0 Å². The molecule has 0 bridgehead atoms. The fourth-order valence-electron chi connectivity index (χ4n) is 2.80. The quantitative estimate of drug-likeness (QED) is 0.755. The van der Waals surface area contributed by atoms with Crippen molar-refractivity contribution in [1.82, 2.24) is 0 Å². The van der Waals surface area contributed by atoms with Gasteiger partial charge in [0.05, 0.1) is 0 Å². The molecule has 0 saturated carbocycles. The minimum Gasteiger partial charge on any atom is -0.508 e. The second-order valence-corrected chi connectivity index (χ2v) is 6.77. The Kier molecular flexibility index (Phi) is 4.88. The number of benzene rings is 2. The molecule has 0 aliphatic rings. The largest absolute Gasteiger partial charge is 0.508 e. The molecular formula is C20H26O3. The number of hydrogen-bond acceptors (Lipinski definition) is 3. The number of aromatic hydroxyl groups is 2. The number of phenols is 2. The van der Waals surface area contributed by atoms with E-state index in [0.29, 0.717) is 0 Å². The Morgan fingerprint density at radius 3 is 1.35 bits per heavy atom. The maximum atomic E-state index is 9.88. The Balaban J connectivity index is 2.60. The van der Waals surface area contributed by atoms with Crippen LogP contribution in [0.3, 0.4) is 0 Å². The Bertz CT molecular complexity index is 654. The molecule has 124 valence electrons. The number of hydrogen-bond donors (Lipinski definition) is 2. The van der Waals surface area contributed by atoms with Crippen LogP contribution in [0.1, 0.15) is 61.8 Å². The molecule has 0 radical (unpaired) electrons. The fraction of sp³-hybridized carbons (Fsp3) is 0.400. The molecule has 0 fully saturated rings. The fourth-order valence-corrected chi connectivity index (χ4v) is 2.80. The number of ether oxygens (including phenoxy) is 1. The highest BCUT2D eigenvalue weighted by Gasteiger charge is 2.18. The lowest BCUT2D eigenvalue weighted by Gasteiger charge is -2.21. The molecule has 0 aromatic heterocycles. The van der Waals surface area contributed by atoms with E-state index in [1.807, 2.05) is 13.8 Å². The van der Waals surface area contributed by atoms with Gasteiger partial charge in [0.2, 0.25) is 0 Å². The smallest absolute Gasteiger partial charge is 0.134 e. The maximum Gasteiger partial charge on any atom is 0.134 e. The summed E-state index contributed by atoms with van der Waals surface area (Å²) in [7, 11) is 0. The van der Waals surface area contributed by atoms with Gasteiger partial charge in [-0.25, -0.2) is 0 Å². The summed E-state index contributed by atoms with van der Waals surface area (Å²) in [5.74, 6) is 2.54. The number of rotatable bonds is 4. The molecule has 0 heterocycles. The lowest BCUT2D eigenvalue weighted by atomic mass is 9.97. The van der Waals surface area contributed by atoms with E-state index in [2.05, 4.69) is 27.7 Å². The first-order valence-electron chi connectivity index (χ1n) is 8.05. The normalized spacial score (nSPS) is 11.3. The van der Waals surface area contributed by atoms with Crippen LogP contribution in [0.15, 0.2) is 24.3 Å². The van der Waals surface area contributed by atoms with Gasteiger partial charge in [0.25, 0.3) is 0 Å². The van der Waals surface area contributed by atoms with E-state index in [1.165, 1.54) is 0 Å². The van der Waals surface area contributed by atoms with E-state index in [9.17, 15) is 10.2 Å². The Morgan fingerprint density at radius 1 is 0.696 bits per heavy atom. The van der Waals surface area contributed by atoms with Gasteiger partial charge in [-0.05, 0) is 61.1 Å². The van der Waals surface area contributed by atoms with Crippen LogP contribution in [0.25, 0.3) is 0 Å². The first-order valence-corrected chi connectivity index (χ1v) is 8.05. The number of phenolic OH excluding ortho intramolecular Hbond substituents is 2. The molecular weight excluding hydrogens is 288 g/mol. The van der Waals surface area contributed by atoms with E-state index >= 15 is 0 Å². The molecule has 2 aromatic carbocycles. The van der Waals surface area contributed by atoms with Gasteiger partial charge in [-0.3, -0.25) is 0 Å². The van der Waals surface area contributed by atoms with E-state index < -0.39 is 0 Å². The first kappa shape index (κ1) is 17.2. The van der Waals surface area contributed by atoms with E-state index in [-0.39, 0.29) is 23.3 Å².